The molecule has 0 unspecified atom stereocenters. The Bertz CT molecular complexity index is 1140. The summed E-state index contributed by atoms with van der Waals surface area (Å²) in [5, 5.41) is 7.36. The van der Waals surface area contributed by atoms with E-state index in [1.807, 2.05) is 12.1 Å². The monoisotopic (exact) mass is 437 g/mol. The molecule has 3 aromatic rings. The molecule has 32 heavy (non-hydrogen) atoms. The molecule has 1 N–H and O–H groups in total. The van der Waals surface area contributed by atoms with Gasteiger partial charge in [-0.05, 0) is 24.5 Å². The SMILES string of the molecule is COc1ccnc(C(=O)N[C@@H](C)c2nc(-c3cccc(C(C)C)c3)nn2C)c1OC(C)=O. The third-order valence-electron chi connectivity index (χ3n) is 4.89. The van der Waals surface area contributed by atoms with Crippen LogP contribution in [-0.4, -0.2) is 38.7 Å². The molecule has 0 aliphatic heterocycles. The highest BCUT2D eigenvalue weighted by atomic mass is 16.6. The first-order valence-corrected chi connectivity index (χ1v) is 10.2. The largest absolute Gasteiger partial charge is 0.493 e. The number of carbonyl (C=O) groups is 2. The number of rotatable bonds is 7. The number of methoxy groups -OCH3 is 1. The number of nitrogens with one attached hydrogen (secondary N) is 1. The van der Waals surface area contributed by atoms with E-state index in [2.05, 4.69) is 46.4 Å². The summed E-state index contributed by atoms with van der Waals surface area (Å²) < 4.78 is 12.0. The summed E-state index contributed by atoms with van der Waals surface area (Å²) in [6, 6.07) is 9.11. The molecule has 1 atom stereocenters. The van der Waals surface area contributed by atoms with E-state index in [0.717, 1.165) is 5.56 Å². The second-order valence-electron chi connectivity index (χ2n) is 7.68. The molecule has 0 aliphatic rings. The molecule has 0 aliphatic carbocycles. The lowest BCUT2D eigenvalue weighted by molar-refractivity contribution is -0.132. The summed E-state index contributed by atoms with van der Waals surface area (Å²) in [6.45, 7) is 7.30. The first kappa shape index (κ1) is 22.9. The number of aryl methyl sites for hydroxylation is 1. The van der Waals surface area contributed by atoms with Gasteiger partial charge in [0.25, 0.3) is 5.91 Å². The molecule has 0 radical (unpaired) electrons. The first-order valence-electron chi connectivity index (χ1n) is 10.2. The molecule has 1 amide bonds. The van der Waals surface area contributed by atoms with E-state index in [1.165, 1.54) is 31.9 Å². The molecule has 2 heterocycles. The van der Waals surface area contributed by atoms with Crippen molar-refractivity contribution >= 4 is 11.9 Å². The lowest BCUT2D eigenvalue weighted by Gasteiger charge is -2.15. The van der Waals surface area contributed by atoms with Gasteiger partial charge in [0, 0.05) is 31.8 Å². The van der Waals surface area contributed by atoms with Gasteiger partial charge < -0.3 is 14.8 Å². The molecule has 0 bridgehead atoms. The normalized spacial score (nSPS) is 11.8. The van der Waals surface area contributed by atoms with Gasteiger partial charge in [0.2, 0.25) is 5.75 Å². The maximum Gasteiger partial charge on any atom is 0.308 e. The second kappa shape index (κ2) is 9.59. The van der Waals surface area contributed by atoms with Crippen molar-refractivity contribution in [3.8, 4) is 22.9 Å². The van der Waals surface area contributed by atoms with Gasteiger partial charge in [-0.1, -0.05) is 32.0 Å². The van der Waals surface area contributed by atoms with Gasteiger partial charge in [-0.3, -0.25) is 14.3 Å². The number of esters is 1. The van der Waals surface area contributed by atoms with Gasteiger partial charge in [0.1, 0.15) is 5.82 Å². The van der Waals surface area contributed by atoms with E-state index < -0.39 is 17.9 Å². The van der Waals surface area contributed by atoms with E-state index in [9.17, 15) is 9.59 Å². The van der Waals surface area contributed by atoms with Crippen molar-refractivity contribution in [3.05, 3.63) is 53.6 Å². The smallest absolute Gasteiger partial charge is 0.308 e. The quantitative estimate of drug-likeness (QED) is 0.564. The Balaban J connectivity index is 1.86. The summed E-state index contributed by atoms with van der Waals surface area (Å²) in [4.78, 5) is 33.1. The summed E-state index contributed by atoms with van der Waals surface area (Å²) in [5.41, 5.74) is 2.04. The van der Waals surface area contributed by atoms with Crippen LogP contribution in [0.2, 0.25) is 0 Å². The van der Waals surface area contributed by atoms with Gasteiger partial charge in [0.15, 0.2) is 17.3 Å². The topological polar surface area (TPSA) is 108 Å². The molecule has 2 aromatic heterocycles. The maximum absolute atomic E-state index is 12.9. The summed E-state index contributed by atoms with van der Waals surface area (Å²) in [5.74, 6) is 0.624. The molecule has 0 saturated heterocycles. The van der Waals surface area contributed by atoms with E-state index >= 15 is 0 Å². The van der Waals surface area contributed by atoms with Crippen LogP contribution in [0.1, 0.15) is 61.5 Å². The molecule has 9 nitrogen and oxygen atoms in total. The Hall–Kier alpha value is -3.75. The van der Waals surface area contributed by atoms with E-state index in [4.69, 9.17) is 9.47 Å². The average Bonchev–Trinajstić information content (AvgIpc) is 3.15. The van der Waals surface area contributed by atoms with Gasteiger partial charge in [-0.15, -0.1) is 0 Å². The predicted octanol–water partition coefficient (Wildman–Crippen LogP) is 3.43. The van der Waals surface area contributed by atoms with Crippen LogP contribution in [0.25, 0.3) is 11.4 Å². The van der Waals surface area contributed by atoms with Crippen LogP contribution in [0.5, 0.6) is 11.5 Å². The Kier molecular flexibility index (Phi) is 6.87. The van der Waals surface area contributed by atoms with Crippen molar-refractivity contribution in [1.29, 1.82) is 0 Å². The number of amides is 1. The third kappa shape index (κ3) is 4.93. The first-order chi connectivity index (χ1) is 15.2. The number of carbonyl (C=O) groups excluding carboxylic acids is 2. The van der Waals surface area contributed by atoms with Crippen LogP contribution in [0.4, 0.5) is 0 Å². The zero-order valence-electron chi connectivity index (χ0n) is 19.0. The van der Waals surface area contributed by atoms with Crippen LogP contribution in [-0.2, 0) is 11.8 Å². The molecule has 0 fully saturated rings. The zero-order chi connectivity index (χ0) is 23.4. The Morgan fingerprint density at radius 2 is 1.91 bits per heavy atom. The lowest BCUT2D eigenvalue weighted by Crippen LogP contribution is -2.30. The number of hydrogen-bond acceptors (Lipinski definition) is 7. The van der Waals surface area contributed by atoms with Crippen molar-refractivity contribution in [3.63, 3.8) is 0 Å². The van der Waals surface area contributed by atoms with Crippen LogP contribution >= 0.6 is 0 Å². The minimum atomic E-state index is -0.583. The number of pyridine rings is 1. The highest BCUT2D eigenvalue weighted by Gasteiger charge is 2.24. The van der Waals surface area contributed by atoms with Crippen molar-refractivity contribution < 1.29 is 19.1 Å². The zero-order valence-corrected chi connectivity index (χ0v) is 19.0. The number of benzene rings is 1. The number of aromatic nitrogens is 4. The fraction of sp³-hybridized carbons (Fsp3) is 0.348. The highest BCUT2D eigenvalue weighted by Crippen LogP contribution is 2.30. The van der Waals surface area contributed by atoms with Gasteiger partial charge in [-0.25, -0.2) is 9.97 Å². The number of ether oxygens (including phenoxy) is 2. The Morgan fingerprint density at radius 1 is 1.16 bits per heavy atom. The molecule has 3 rings (SSSR count). The molecular weight excluding hydrogens is 410 g/mol. The van der Waals surface area contributed by atoms with Crippen molar-refractivity contribution in [2.45, 2.75) is 39.7 Å². The fourth-order valence-electron chi connectivity index (χ4n) is 3.26. The van der Waals surface area contributed by atoms with E-state index in [1.54, 1.807) is 18.7 Å². The molecular formula is C23H27N5O4. The fourth-order valence-corrected chi connectivity index (χ4v) is 3.26. The molecule has 9 heteroatoms. The second-order valence-corrected chi connectivity index (χ2v) is 7.68. The van der Waals surface area contributed by atoms with Crippen molar-refractivity contribution in [1.82, 2.24) is 25.1 Å². The van der Waals surface area contributed by atoms with Gasteiger partial charge in [0.05, 0.1) is 13.2 Å². The molecule has 0 spiro atoms. The highest BCUT2D eigenvalue weighted by molar-refractivity contribution is 5.96. The summed E-state index contributed by atoms with van der Waals surface area (Å²) in [7, 11) is 3.19. The maximum atomic E-state index is 12.9. The van der Waals surface area contributed by atoms with Gasteiger partial charge in [-0.2, -0.15) is 5.10 Å². The summed E-state index contributed by atoms with van der Waals surface area (Å²) in [6.07, 6.45) is 1.41. The third-order valence-corrected chi connectivity index (χ3v) is 4.89. The average molecular weight is 438 g/mol. The number of hydrogen-bond donors (Lipinski definition) is 1. The van der Waals surface area contributed by atoms with Crippen LogP contribution in [0.3, 0.4) is 0 Å². The lowest BCUT2D eigenvalue weighted by atomic mass is 10.0. The molecule has 168 valence electrons. The minimum absolute atomic E-state index is 0.0312. The Labute approximate surface area is 186 Å². The van der Waals surface area contributed by atoms with Crippen molar-refractivity contribution in [2.24, 2.45) is 7.05 Å². The standard InChI is InChI=1S/C23H27N5O4/c1-13(2)16-8-7-9-17(12-16)21-26-22(28(5)27-21)14(3)25-23(30)19-20(32-15(4)29)18(31-6)10-11-24-19/h7-14H,1-6H3,(H,25,30)/t14-/m0/s1. The predicted molar refractivity (Wildman–Crippen MR) is 119 cm³/mol. The molecule has 1 aromatic carbocycles. The van der Waals surface area contributed by atoms with Gasteiger partial charge >= 0.3 is 5.97 Å². The van der Waals surface area contributed by atoms with Crippen molar-refractivity contribution in [2.75, 3.05) is 7.11 Å². The number of nitrogens with zero attached hydrogens (tertiary/aromatic N) is 4. The van der Waals surface area contributed by atoms with Crippen LogP contribution < -0.4 is 14.8 Å². The minimum Gasteiger partial charge on any atom is -0.493 e. The van der Waals surface area contributed by atoms with Crippen LogP contribution in [0.15, 0.2) is 36.5 Å². The van der Waals surface area contributed by atoms with E-state index in [0.29, 0.717) is 17.6 Å². The molecule has 0 saturated carbocycles. The summed E-state index contributed by atoms with van der Waals surface area (Å²) >= 11 is 0. The van der Waals surface area contributed by atoms with E-state index in [-0.39, 0.29) is 17.2 Å². The Morgan fingerprint density at radius 3 is 2.56 bits per heavy atom. The van der Waals surface area contributed by atoms with Crippen LogP contribution in [0, 0.1) is 0 Å².